The first kappa shape index (κ1) is 15.3. The number of esters is 1. The number of carbonyl (C=O) groups excluding carboxylic acids is 1. The van der Waals surface area contributed by atoms with Gasteiger partial charge in [-0.05, 0) is 33.6 Å². The van der Waals surface area contributed by atoms with Crippen LogP contribution in [0.1, 0.15) is 13.3 Å². The fraction of sp³-hybridized carbons (Fsp3) is 0.909. The van der Waals surface area contributed by atoms with Crippen molar-refractivity contribution >= 4 is 5.97 Å². The molecule has 0 aromatic heterocycles. The molecule has 16 heavy (non-hydrogen) atoms. The van der Waals surface area contributed by atoms with Gasteiger partial charge in [-0.25, -0.2) is 0 Å². The van der Waals surface area contributed by atoms with Gasteiger partial charge in [0.25, 0.3) is 0 Å². The summed E-state index contributed by atoms with van der Waals surface area (Å²) >= 11 is 0. The first-order chi connectivity index (χ1) is 7.56. The summed E-state index contributed by atoms with van der Waals surface area (Å²) in [6.45, 7) is 5.02. The molecule has 5 heteroatoms. The number of nitrogens with two attached hydrogens (primary N) is 1. The Kier molecular flexibility index (Phi) is 8.15. The summed E-state index contributed by atoms with van der Waals surface area (Å²) in [6.07, 6.45) is 1.02. The van der Waals surface area contributed by atoms with E-state index in [1.807, 2.05) is 21.0 Å². The van der Waals surface area contributed by atoms with Gasteiger partial charge < -0.3 is 15.4 Å². The molecule has 5 nitrogen and oxygen atoms in total. The minimum Gasteiger partial charge on any atom is -0.468 e. The van der Waals surface area contributed by atoms with Crippen LogP contribution >= 0.6 is 0 Å². The van der Waals surface area contributed by atoms with E-state index in [1.54, 1.807) is 0 Å². The molecule has 0 aliphatic rings. The molecule has 1 unspecified atom stereocenters. The summed E-state index contributed by atoms with van der Waals surface area (Å²) in [5.74, 6) is -0.241. The van der Waals surface area contributed by atoms with Gasteiger partial charge in [0.15, 0.2) is 0 Å². The van der Waals surface area contributed by atoms with E-state index in [9.17, 15) is 4.79 Å². The van der Waals surface area contributed by atoms with E-state index in [-0.39, 0.29) is 12.0 Å². The van der Waals surface area contributed by atoms with Crippen LogP contribution in [-0.4, -0.2) is 69.2 Å². The van der Waals surface area contributed by atoms with Gasteiger partial charge in [-0.3, -0.25) is 9.69 Å². The molecule has 96 valence electrons. The number of likely N-dealkylation sites (N-methyl/N-ethyl adjacent to an activating group) is 1. The van der Waals surface area contributed by atoms with Crippen LogP contribution in [-0.2, 0) is 9.53 Å². The van der Waals surface area contributed by atoms with Crippen molar-refractivity contribution in [1.82, 2.24) is 9.80 Å². The van der Waals surface area contributed by atoms with Crippen LogP contribution in [0.3, 0.4) is 0 Å². The van der Waals surface area contributed by atoms with Crippen LogP contribution in [0, 0.1) is 0 Å². The highest BCUT2D eigenvalue weighted by Gasteiger charge is 2.23. The lowest BCUT2D eigenvalue weighted by Crippen LogP contribution is -2.47. The maximum absolute atomic E-state index is 11.5. The third kappa shape index (κ3) is 5.44. The fourth-order valence-electron chi connectivity index (χ4n) is 1.65. The van der Waals surface area contributed by atoms with Crippen molar-refractivity contribution in [3.05, 3.63) is 0 Å². The van der Waals surface area contributed by atoms with Gasteiger partial charge in [0.1, 0.15) is 6.04 Å². The van der Waals surface area contributed by atoms with E-state index in [0.717, 1.165) is 26.1 Å². The van der Waals surface area contributed by atoms with Crippen molar-refractivity contribution in [3.63, 3.8) is 0 Å². The highest BCUT2D eigenvalue weighted by molar-refractivity contribution is 5.75. The predicted molar refractivity (Wildman–Crippen MR) is 65.3 cm³/mol. The zero-order valence-electron chi connectivity index (χ0n) is 10.9. The van der Waals surface area contributed by atoms with E-state index in [4.69, 9.17) is 10.5 Å². The van der Waals surface area contributed by atoms with E-state index in [1.165, 1.54) is 7.11 Å². The van der Waals surface area contributed by atoms with Gasteiger partial charge in [0.2, 0.25) is 0 Å². The lowest BCUT2D eigenvalue weighted by atomic mass is 10.2. The first-order valence-electron chi connectivity index (χ1n) is 5.73. The molecule has 1 atom stereocenters. The van der Waals surface area contributed by atoms with Crippen LogP contribution in [0.15, 0.2) is 0 Å². The Labute approximate surface area is 98.5 Å². The molecule has 0 saturated carbocycles. The molecular weight excluding hydrogens is 206 g/mol. The second-order valence-electron chi connectivity index (χ2n) is 4.06. The van der Waals surface area contributed by atoms with Gasteiger partial charge in [-0.15, -0.1) is 0 Å². The topological polar surface area (TPSA) is 58.8 Å². The molecule has 0 fully saturated rings. The summed E-state index contributed by atoms with van der Waals surface area (Å²) in [5.41, 5.74) is 5.60. The van der Waals surface area contributed by atoms with Crippen LogP contribution in [0.25, 0.3) is 0 Å². The van der Waals surface area contributed by atoms with Gasteiger partial charge in [-0.2, -0.15) is 0 Å². The summed E-state index contributed by atoms with van der Waals surface area (Å²) in [6, 6.07) is -0.308. The number of ether oxygens (including phenoxy) is 1. The minimum atomic E-state index is -0.308. The Morgan fingerprint density at radius 1 is 1.38 bits per heavy atom. The molecule has 0 heterocycles. The number of carbonyl (C=O) groups is 1. The molecule has 2 N–H and O–H groups in total. The van der Waals surface area contributed by atoms with E-state index in [0.29, 0.717) is 6.54 Å². The summed E-state index contributed by atoms with van der Waals surface area (Å²) in [7, 11) is 5.48. The highest BCUT2D eigenvalue weighted by atomic mass is 16.5. The van der Waals surface area contributed by atoms with Gasteiger partial charge in [0.05, 0.1) is 7.11 Å². The number of rotatable bonds is 8. The second-order valence-corrected chi connectivity index (χ2v) is 4.06. The van der Waals surface area contributed by atoms with E-state index in [2.05, 4.69) is 9.80 Å². The third-order valence-corrected chi connectivity index (χ3v) is 2.59. The average molecular weight is 231 g/mol. The summed E-state index contributed by atoms with van der Waals surface area (Å²) < 4.78 is 4.74. The smallest absolute Gasteiger partial charge is 0.324 e. The minimum absolute atomic E-state index is 0.241. The average Bonchev–Trinajstić information content (AvgIpc) is 2.26. The van der Waals surface area contributed by atoms with E-state index >= 15 is 0 Å². The molecule has 0 bridgehead atoms. The first-order valence-corrected chi connectivity index (χ1v) is 5.73. The fourth-order valence-corrected chi connectivity index (χ4v) is 1.65. The SMILES string of the molecule is CCN(CCCN(C)C)C(CN)C(=O)OC. The molecular formula is C11H25N3O2. The largest absolute Gasteiger partial charge is 0.468 e. The Balaban J connectivity index is 4.17. The lowest BCUT2D eigenvalue weighted by Gasteiger charge is -2.27. The second kappa shape index (κ2) is 8.50. The van der Waals surface area contributed by atoms with Crippen molar-refractivity contribution in [2.75, 3.05) is 47.4 Å². The third-order valence-electron chi connectivity index (χ3n) is 2.59. The maximum Gasteiger partial charge on any atom is 0.324 e. The van der Waals surface area contributed by atoms with Crippen molar-refractivity contribution in [3.8, 4) is 0 Å². The quantitative estimate of drug-likeness (QED) is 0.584. The zero-order valence-corrected chi connectivity index (χ0v) is 10.9. The molecule has 0 aromatic carbocycles. The number of nitrogens with zero attached hydrogens (tertiary/aromatic N) is 2. The van der Waals surface area contributed by atoms with Crippen molar-refractivity contribution in [1.29, 1.82) is 0 Å². The molecule has 0 saturated heterocycles. The molecule has 0 amide bonds. The lowest BCUT2D eigenvalue weighted by molar-refractivity contribution is -0.146. The highest BCUT2D eigenvalue weighted by Crippen LogP contribution is 2.02. The van der Waals surface area contributed by atoms with Crippen molar-refractivity contribution in [2.45, 2.75) is 19.4 Å². The normalized spacial score (nSPS) is 13.2. The number of methoxy groups -OCH3 is 1. The van der Waals surface area contributed by atoms with E-state index < -0.39 is 0 Å². The Hall–Kier alpha value is -0.650. The molecule has 0 spiro atoms. The van der Waals surface area contributed by atoms with Crippen molar-refractivity contribution < 1.29 is 9.53 Å². The molecule has 0 aliphatic carbocycles. The Morgan fingerprint density at radius 2 is 2.00 bits per heavy atom. The van der Waals surface area contributed by atoms with Crippen LogP contribution in [0.4, 0.5) is 0 Å². The Morgan fingerprint density at radius 3 is 2.38 bits per heavy atom. The number of hydrogen-bond donors (Lipinski definition) is 1. The van der Waals surface area contributed by atoms with Gasteiger partial charge in [-0.1, -0.05) is 6.92 Å². The maximum atomic E-state index is 11.5. The van der Waals surface area contributed by atoms with Crippen LogP contribution < -0.4 is 5.73 Å². The standard InChI is InChI=1S/C11H25N3O2/c1-5-14(8-6-7-13(2)3)10(9-12)11(15)16-4/h10H,5-9,12H2,1-4H3. The summed E-state index contributed by atoms with van der Waals surface area (Å²) in [5, 5.41) is 0. The monoisotopic (exact) mass is 231 g/mol. The predicted octanol–water partition coefficient (Wildman–Crippen LogP) is -0.240. The molecule has 0 rings (SSSR count). The summed E-state index contributed by atoms with van der Waals surface area (Å²) in [4.78, 5) is 15.7. The van der Waals surface area contributed by atoms with Gasteiger partial charge >= 0.3 is 5.97 Å². The number of hydrogen-bond acceptors (Lipinski definition) is 5. The molecule has 0 aromatic rings. The van der Waals surface area contributed by atoms with Crippen molar-refractivity contribution in [2.24, 2.45) is 5.73 Å². The van der Waals surface area contributed by atoms with Crippen LogP contribution in [0.2, 0.25) is 0 Å². The zero-order chi connectivity index (χ0) is 12.6. The molecule has 0 aliphatic heterocycles. The van der Waals surface area contributed by atoms with Crippen LogP contribution in [0.5, 0.6) is 0 Å². The Bertz CT molecular complexity index is 198. The molecule has 0 radical (unpaired) electrons. The van der Waals surface area contributed by atoms with Gasteiger partial charge in [0, 0.05) is 13.1 Å².